The zero-order valence-corrected chi connectivity index (χ0v) is 21.5. The number of piperidine rings is 1. The quantitative estimate of drug-likeness (QED) is 0.623. The highest BCUT2D eigenvalue weighted by molar-refractivity contribution is 7.14. The Hall–Kier alpha value is -1.95. The third kappa shape index (κ3) is 5.73. The molecule has 0 aliphatic carbocycles. The summed E-state index contributed by atoms with van der Waals surface area (Å²) in [7, 11) is 0. The third-order valence-electron chi connectivity index (χ3n) is 6.60. The van der Waals surface area contributed by atoms with Crippen molar-refractivity contribution in [3.63, 3.8) is 0 Å². The number of hydrogen-bond donors (Lipinski definition) is 1. The van der Waals surface area contributed by atoms with E-state index in [0.29, 0.717) is 79.9 Å². The van der Waals surface area contributed by atoms with Gasteiger partial charge in [-0.1, -0.05) is 23.2 Å². The van der Waals surface area contributed by atoms with Crippen molar-refractivity contribution < 1.29 is 19.1 Å². The number of halogens is 2. The molecule has 1 spiro atoms. The van der Waals surface area contributed by atoms with Crippen molar-refractivity contribution >= 4 is 57.2 Å². The summed E-state index contributed by atoms with van der Waals surface area (Å²) in [6, 6.07) is 5.22. The molecule has 0 unspecified atom stereocenters. The van der Waals surface area contributed by atoms with Gasteiger partial charge in [-0.3, -0.25) is 14.5 Å². The highest BCUT2D eigenvalue weighted by Gasteiger charge is 2.41. The zero-order valence-electron chi connectivity index (χ0n) is 19.2. The van der Waals surface area contributed by atoms with Crippen molar-refractivity contribution in [2.75, 3.05) is 64.3 Å². The third-order valence-corrected chi connectivity index (χ3v) is 8.10. The minimum absolute atomic E-state index is 0.104. The van der Waals surface area contributed by atoms with E-state index in [1.54, 1.807) is 28.5 Å². The van der Waals surface area contributed by atoms with Crippen LogP contribution in [0.25, 0.3) is 0 Å². The molecule has 3 fully saturated rings. The molecule has 0 radical (unpaired) electrons. The van der Waals surface area contributed by atoms with Gasteiger partial charge in [0, 0.05) is 63.2 Å². The number of hydrogen-bond acceptors (Lipinski definition) is 8. The molecule has 188 valence electrons. The fourth-order valence-corrected chi connectivity index (χ4v) is 5.57. The van der Waals surface area contributed by atoms with Gasteiger partial charge in [-0.25, -0.2) is 4.98 Å². The summed E-state index contributed by atoms with van der Waals surface area (Å²) in [4.78, 5) is 36.0. The molecule has 2 amide bonds. The molecule has 1 aromatic carbocycles. The maximum Gasteiger partial charge on any atom is 0.273 e. The lowest BCUT2D eigenvalue weighted by molar-refractivity contribution is -0.187. The second-order valence-electron chi connectivity index (χ2n) is 8.85. The van der Waals surface area contributed by atoms with E-state index < -0.39 is 5.79 Å². The fourth-order valence-electron chi connectivity index (χ4n) is 4.57. The van der Waals surface area contributed by atoms with Gasteiger partial charge in [0.2, 0.25) is 5.91 Å². The maximum atomic E-state index is 12.9. The number of piperazine rings is 1. The Bertz CT molecular complexity index is 1080. The number of amides is 2. The van der Waals surface area contributed by atoms with Crippen LogP contribution in [0.5, 0.6) is 0 Å². The van der Waals surface area contributed by atoms with Gasteiger partial charge in [-0.2, -0.15) is 0 Å². The smallest absolute Gasteiger partial charge is 0.273 e. The van der Waals surface area contributed by atoms with Gasteiger partial charge in [0.15, 0.2) is 10.9 Å². The number of carbonyl (C=O) groups is 2. The number of aromatic nitrogens is 1. The average molecular weight is 540 g/mol. The number of rotatable bonds is 5. The minimum Gasteiger partial charge on any atom is -0.347 e. The Morgan fingerprint density at radius 3 is 2.40 bits per heavy atom. The second kappa shape index (κ2) is 10.6. The lowest BCUT2D eigenvalue weighted by Gasteiger charge is -2.39. The standard InChI is InChI=1S/C23H27Cl2N5O4S/c24-17-2-1-16(13-18(17)25)26-22-27-19(15-35-22)21(32)30-9-7-28(8-10-30)14-20(31)29-5-3-23(4-6-29)33-11-12-34-23/h1-2,13,15H,3-12,14H2,(H,26,27). The highest BCUT2D eigenvalue weighted by atomic mass is 35.5. The van der Waals surface area contributed by atoms with Crippen LogP contribution in [0, 0.1) is 0 Å². The highest BCUT2D eigenvalue weighted by Crippen LogP contribution is 2.31. The molecular weight excluding hydrogens is 513 g/mol. The van der Waals surface area contributed by atoms with Gasteiger partial charge in [-0.15, -0.1) is 11.3 Å². The van der Waals surface area contributed by atoms with E-state index in [4.69, 9.17) is 32.7 Å². The fraction of sp³-hybridized carbons (Fsp3) is 0.522. The lowest BCUT2D eigenvalue weighted by Crippen LogP contribution is -2.53. The number of anilines is 2. The first kappa shape index (κ1) is 24.7. The van der Waals surface area contributed by atoms with Crippen LogP contribution in [-0.2, 0) is 14.3 Å². The summed E-state index contributed by atoms with van der Waals surface area (Å²) in [5.41, 5.74) is 1.15. The largest absolute Gasteiger partial charge is 0.347 e. The summed E-state index contributed by atoms with van der Waals surface area (Å²) in [5, 5.41) is 6.43. The summed E-state index contributed by atoms with van der Waals surface area (Å²) < 4.78 is 11.5. The molecule has 9 nitrogen and oxygen atoms in total. The normalized spacial score (nSPS) is 20.4. The molecule has 3 saturated heterocycles. The Kier molecular flexibility index (Phi) is 7.47. The Morgan fingerprint density at radius 1 is 1.00 bits per heavy atom. The molecule has 5 rings (SSSR count). The molecule has 1 aromatic heterocycles. The van der Waals surface area contributed by atoms with Crippen molar-refractivity contribution in [2.24, 2.45) is 0 Å². The van der Waals surface area contributed by atoms with Crippen LogP contribution < -0.4 is 5.32 Å². The monoisotopic (exact) mass is 539 g/mol. The Labute approximate surface area is 217 Å². The van der Waals surface area contributed by atoms with Crippen molar-refractivity contribution in [3.8, 4) is 0 Å². The van der Waals surface area contributed by atoms with Crippen LogP contribution in [0.15, 0.2) is 23.6 Å². The summed E-state index contributed by atoms with van der Waals surface area (Å²) in [5.74, 6) is -0.460. The van der Waals surface area contributed by atoms with E-state index in [-0.39, 0.29) is 11.8 Å². The van der Waals surface area contributed by atoms with E-state index in [2.05, 4.69) is 15.2 Å². The molecule has 1 N–H and O–H groups in total. The Balaban J connectivity index is 1.08. The van der Waals surface area contributed by atoms with E-state index in [1.165, 1.54) is 11.3 Å². The van der Waals surface area contributed by atoms with Crippen molar-refractivity contribution in [3.05, 3.63) is 39.3 Å². The average Bonchev–Trinajstić information content (AvgIpc) is 3.52. The maximum absolute atomic E-state index is 12.9. The minimum atomic E-state index is -0.476. The summed E-state index contributed by atoms with van der Waals surface area (Å²) in [6.45, 7) is 5.36. The lowest BCUT2D eigenvalue weighted by atomic mass is 10.0. The van der Waals surface area contributed by atoms with E-state index in [0.717, 1.165) is 18.5 Å². The van der Waals surface area contributed by atoms with Gasteiger partial charge in [0.25, 0.3) is 5.91 Å². The molecule has 35 heavy (non-hydrogen) atoms. The molecular formula is C23H27Cl2N5O4S. The SMILES string of the molecule is O=C(CN1CCN(C(=O)c2csc(Nc3ccc(Cl)c(Cl)c3)n2)CC1)N1CCC2(CC1)OCCO2. The van der Waals surface area contributed by atoms with Gasteiger partial charge >= 0.3 is 0 Å². The topological polar surface area (TPSA) is 87.2 Å². The number of likely N-dealkylation sites (tertiary alicyclic amines) is 1. The van der Waals surface area contributed by atoms with E-state index in [1.807, 2.05) is 4.90 Å². The van der Waals surface area contributed by atoms with Gasteiger partial charge < -0.3 is 24.6 Å². The van der Waals surface area contributed by atoms with E-state index >= 15 is 0 Å². The number of nitrogens with zero attached hydrogens (tertiary/aromatic N) is 4. The van der Waals surface area contributed by atoms with Gasteiger partial charge in [0.05, 0.1) is 29.8 Å². The molecule has 0 bridgehead atoms. The van der Waals surface area contributed by atoms with Crippen LogP contribution in [-0.4, -0.2) is 96.3 Å². The molecule has 12 heteroatoms. The molecule has 0 saturated carbocycles. The number of carbonyl (C=O) groups excluding carboxylic acids is 2. The first-order valence-corrected chi connectivity index (χ1v) is 13.3. The van der Waals surface area contributed by atoms with Crippen LogP contribution in [0.2, 0.25) is 10.0 Å². The van der Waals surface area contributed by atoms with Gasteiger partial charge in [-0.05, 0) is 18.2 Å². The summed E-state index contributed by atoms with van der Waals surface area (Å²) >= 11 is 13.4. The predicted molar refractivity (Wildman–Crippen MR) is 135 cm³/mol. The van der Waals surface area contributed by atoms with Crippen LogP contribution in [0.1, 0.15) is 23.3 Å². The molecule has 2 aromatic rings. The van der Waals surface area contributed by atoms with Crippen LogP contribution >= 0.6 is 34.5 Å². The molecule has 0 atom stereocenters. The van der Waals surface area contributed by atoms with Gasteiger partial charge in [0.1, 0.15) is 5.69 Å². The molecule has 3 aliphatic heterocycles. The Morgan fingerprint density at radius 2 is 1.71 bits per heavy atom. The van der Waals surface area contributed by atoms with Crippen molar-refractivity contribution in [1.82, 2.24) is 19.7 Å². The first-order valence-electron chi connectivity index (χ1n) is 11.7. The predicted octanol–water partition coefficient (Wildman–Crippen LogP) is 3.32. The van der Waals surface area contributed by atoms with E-state index in [9.17, 15) is 9.59 Å². The van der Waals surface area contributed by atoms with Crippen LogP contribution in [0.4, 0.5) is 10.8 Å². The number of nitrogens with one attached hydrogen (secondary N) is 1. The zero-order chi connectivity index (χ0) is 24.4. The number of ether oxygens (including phenoxy) is 2. The number of benzene rings is 1. The number of thiazole rings is 1. The van der Waals surface area contributed by atoms with Crippen molar-refractivity contribution in [2.45, 2.75) is 18.6 Å². The molecule has 4 heterocycles. The second-order valence-corrected chi connectivity index (χ2v) is 10.5. The first-order chi connectivity index (χ1) is 16.9. The molecule has 3 aliphatic rings. The van der Waals surface area contributed by atoms with Crippen molar-refractivity contribution in [1.29, 1.82) is 0 Å². The summed E-state index contributed by atoms with van der Waals surface area (Å²) in [6.07, 6.45) is 1.44. The van der Waals surface area contributed by atoms with Crippen LogP contribution in [0.3, 0.4) is 0 Å².